The number of carbonyl (C=O) groups is 2. The van der Waals surface area contributed by atoms with Crippen LogP contribution in [0.3, 0.4) is 0 Å². The Balaban J connectivity index is 1.65. The van der Waals surface area contributed by atoms with E-state index < -0.39 is 23.2 Å². The first kappa shape index (κ1) is 14.0. The molecule has 1 fully saturated rings. The number of fused-ring (bicyclic) bond motifs is 1. The van der Waals surface area contributed by atoms with Gasteiger partial charge < -0.3 is 10.4 Å². The molecular formula is C15H16N2O3S. The van der Waals surface area contributed by atoms with Gasteiger partial charge in [0.2, 0.25) is 5.91 Å². The Morgan fingerprint density at radius 2 is 2.05 bits per heavy atom. The molecule has 0 radical (unpaired) electrons. The number of nitrogens with zero attached hydrogens (tertiary/aromatic N) is 1. The van der Waals surface area contributed by atoms with E-state index in [1.165, 1.54) is 11.3 Å². The number of hydrogen-bond acceptors (Lipinski definition) is 4. The van der Waals surface area contributed by atoms with Crippen molar-refractivity contribution in [2.75, 3.05) is 0 Å². The van der Waals surface area contributed by atoms with Gasteiger partial charge in [-0.3, -0.25) is 9.59 Å². The zero-order valence-electron chi connectivity index (χ0n) is 11.8. The van der Waals surface area contributed by atoms with Gasteiger partial charge >= 0.3 is 5.97 Å². The monoisotopic (exact) mass is 304 g/mol. The molecule has 1 saturated carbocycles. The predicted molar refractivity (Wildman–Crippen MR) is 79.9 cm³/mol. The van der Waals surface area contributed by atoms with E-state index >= 15 is 0 Å². The predicted octanol–water partition coefficient (Wildman–Crippen LogP) is 2.27. The maximum atomic E-state index is 12.1. The highest BCUT2D eigenvalue weighted by molar-refractivity contribution is 7.18. The number of aromatic nitrogens is 1. The van der Waals surface area contributed by atoms with Crippen molar-refractivity contribution >= 4 is 33.4 Å². The third-order valence-electron chi connectivity index (χ3n) is 4.13. The number of para-hydroxylation sites is 1. The number of carboxylic acid groups (broad SMARTS) is 1. The topological polar surface area (TPSA) is 79.3 Å². The molecule has 0 saturated heterocycles. The van der Waals surface area contributed by atoms with E-state index in [4.69, 9.17) is 5.11 Å². The average molecular weight is 304 g/mol. The number of hydrogen-bond donors (Lipinski definition) is 2. The highest BCUT2D eigenvalue weighted by Gasteiger charge is 2.65. The molecule has 0 unspecified atom stereocenters. The molecule has 110 valence electrons. The molecule has 21 heavy (non-hydrogen) atoms. The van der Waals surface area contributed by atoms with Gasteiger partial charge in [0.15, 0.2) is 0 Å². The Kier molecular flexibility index (Phi) is 3.20. The molecule has 1 heterocycles. The van der Waals surface area contributed by atoms with Crippen LogP contribution in [0.15, 0.2) is 24.3 Å². The van der Waals surface area contributed by atoms with Crippen LogP contribution in [0, 0.1) is 17.3 Å². The second-order valence-corrected chi connectivity index (χ2v) is 7.02. The third kappa shape index (κ3) is 2.40. The second kappa shape index (κ2) is 4.80. The first-order valence-corrected chi connectivity index (χ1v) is 7.58. The van der Waals surface area contributed by atoms with Crippen LogP contribution in [0.2, 0.25) is 0 Å². The summed E-state index contributed by atoms with van der Waals surface area (Å²) in [6, 6.07) is 7.80. The molecule has 3 rings (SSSR count). The summed E-state index contributed by atoms with van der Waals surface area (Å²) < 4.78 is 1.08. The maximum absolute atomic E-state index is 12.1. The number of amides is 1. The first-order chi connectivity index (χ1) is 9.91. The van der Waals surface area contributed by atoms with Crippen LogP contribution in [0.25, 0.3) is 10.2 Å². The summed E-state index contributed by atoms with van der Waals surface area (Å²) in [5.74, 6) is -2.15. The molecule has 0 bridgehead atoms. The van der Waals surface area contributed by atoms with Crippen LogP contribution in [-0.2, 0) is 16.1 Å². The molecule has 1 amide bonds. The number of carbonyl (C=O) groups excluding carboxylic acids is 1. The number of thiazole rings is 1. The summed E-state index contributed by atoms with van der Waals surface area (Å²) in [5.41, 5.74) is 0.450. The lowest BCUT2D eigenvalue weighted by Crippen LogP contribution is -2.26. The quantitative estimate of drug-likeness (QED) is 0.908. The van der Waals surface area contributed by atoms with Gasteiger partial charge in [-0.1, -0.05) is 26.0 Å². The third-order valence-corrected chi connectivity index (χ3v) is 5.16. The summed E-state index contributed by atoms with van der Waals surface area (Å²) in [5, 5.41) is 12.7. The molecule has 1 aliphatic carbocycles. The van der Waals surface area contributed by atoms with Crippen molar-refractivity contribution in [3.8, 4) is 0 Å². The summed E-state index contributed by atoms with van der Waals surface area (Å²) in [7, 11) is 0. The van der Waals surface area contributed by atoms with Crippen molar-refractivity contribution in [1.82, 2.24) is 10.3 Å². The molecule has 2 atom stereocenters. The number of rotatable bonds is 4. The summed E-state index contributed by atoms with van der Waals surface area (Å²) >= 11 is 1.54. The van der Waals surface area contributed by atoms with Crippen LogP contribution in [0.1, 0.15) is 18.9 Å². The van der Waals surface area contributed by atoms with E-state index in [9.17, 15) is 9.59 Å². The molecule has 6 heteroatoms. The normalized spacial score (nSPS) is 23.0. The largest absolute Gasteiger partial charge is 0.481 e. The lowest BCUT2D eigenvalue weighted by molar-refractivity contribution is -0.140. The number of nitrogens with one attached hydrogen (secondary N) is 1. The van der Waals surface area contributed by atoms with Gasteiger partial charge in [-0.25, -0.2) is 4.98 Å². The van der Waals surface area contributed by atoms with Crippen molar-refractivity contribution in [1.29, 1.82) is 0 Å². The SMILES string of the molecule is CC1(C)[C@H](C(=O)O)[C@@H]1C(=O)NCc1nc2ccccc2s1. The van der Waals surface area contributed by atoms with Gasteiger partial charge in [-0.2, -0.15) is 0 Å². The van der Waals surface area contributed by atoms with Crippen LogP contribution in [-0.4, -0.2) is 22.0 Å². The minimum Gasteiger partial charge on any atom is -0.481 e. The number of carboxylic acids is 1. The van der Waals surface area contributed by atoms with Gasteiger partial charge in [-0.15, -0.1) is 11.3 Å². The van der Waals surface area contributed by atoms with Crippen LogP contribution in [0.4, 0.5) is 0 Å². The van der Waals surface area contributed by atoms with Crippen molar-refractivity contribution in [2.24, 2.45) is 17.3 Å². The molecular weight excluding hydrogens is 288 g/mol. The Hall–Kier alpha value is -1.95. The Morgan fingerprint density at radius 1 is 1.33 bits per heavy atom. The van der Waals surface area contributed by atoms with Crippen LogP contribution in [0.5, 0.6) is 0 Å². The number of aliphatic carboxylic acids is 1. The lowest BCUT2D eigenvalue weighted by Gasteiger charge is -2.03. The average Bonchev–Trinajstić information content (AvgIpc) is 2.81. The highest BCUT2D eigenvalue weighted by Crippen LogP contribution is 2.58. The van der Waals surface area contributed by atoms with Crippen molar-refractivity contribution in [2.45, 2.75) is 20.4 Å². The molecule has 1 aliphatic rings. The zero-order valence-corrected chi connectivity index (χ0v) is 12.6. The first-order valence-electron chi connectivity index (χ1n) is 6.76. The minimum atomic E-state index is -0.903. The van der Waals surface area contributed by atoms with Gasteiger partial charge in [0.1, 0.15) is 5.01 Å². The standard InChI is InChI=1S/C15H16N2O3S/c1-15(2)11(12(15)14(19)20)13(18)16-7-10-17-8-5-3-4-6-9(8)21-10/h3-6,11-12H,7H2,1-2H3,(H,16,18)(H,19,20)/t11-,12+/m1/s1. The highest BCUT2D eigenvalue weighted by atomic mass is 32.1. The molecule has 2 N–H and O–H groups in total. The van der Waals surface area contributed by atoms with E-state index in [1.54, 1.807) is 0 Å². The Labute approximate surface area is 126 Å². The van der Waals surface area contributed by atoms with Gasteiger partial charge in [0, 0.05) is 0 Å². The Bertz CT molecular complexity index is 690. The van der Waals surface area contributed by atoms with Crippen LogP contribution >= 0.6 is 11.3 Å². The molecule has 2 aromatic rings. The van der Waals surface area contributed by atoms with E-state index in [1.807, 2.05) is 38.1 Å². The fraction of sp³-hybridized carbons (Fsp3) is 0.400. The van der Waals surface area contributed by atoms with E-state index in [2.05, 4.69) is 10.3 Å². The minimum absolute atomic E-state index is 0.202. The van der Waals surface area contributed by atoms with Crippen molar-refractivity contribution in [3.63, 3.8) is 0 Å². The fourth-order valence-electron chi connectivity index (χ4n) is 2.86. The summed E-state index contributed by atoms with van der Waals surface area (Å²) in [6.07, 6.45) is 0. The number of benzene rings is 1. The molecule has 1 aromatic heterocycles. The molecule has 0 spiro atoms. The molecule has 1 aromatic carbocycles. The van der Waals surface area contributed by atoms with Gasteiger partial charge in [0.05, 0.1) is 28.6 Å². The second-order valence-electron chi connectivity index (χ2n) is 5.91. The van der Waals surface area contributed by atoms with Crippen molar-refractivity contribution < 1.29 is 14.7 Å². The molecule has 5 nitrogen and oxygen atoms in total. The van der Waals surface area contributed by atoms with Crippen molar-refractivity contribution in [3.05, 3.63) is 29.3 Å². The maximum Gasteiger partial charge on any atom is 0.307 e. The summed E-state index contributed by atoms with van der Waals surface area (Å²) in [6.45, 7) is 3.97. The molecule has 0 aliphatic heterocycles. The van der Waals surface area contributed by atoms with E-state index in [0.29, 0.717) is 6.54 Å². The fourth-order valence-corrected chi connectivity index (χ4v) is 3.76. The summed E-state index contributed by atoms with van der Waals surface area (Å²) in [4.78, 5) is 27.7. The van der Waals surface area contributed by atoms with Gasteiger partial charge in [0.25, 0.3) is 0 Å². The smallest absolute Gasteiger partial charge is 0.307 e. The van der Waals surface area contributed by atoms with Crippen LogP contribution < -0.4 is 5.32 Å². The van der Waals surface area contributed by atoms with Gasteiger partial charge in [-0.05, 0) is 17.5 Å². The zero-order chi connectivity index (χ0) is 15.2. The van der Waals surface area contributed by atoms with E-state index in [0.717, 1.165) is 15.2 Å². The Morgan fingerprint density at radius 3 is 2.67 bits per heavy atom. The lowest BCUT2D eigenvalue weighted by atomic mass is 10.1. The van der Waals surface area contributed by atoms with E-state index in [-0.39, 0.29) is 5.91 Å².